The van der Waals surface area contributed by atoms with Crippen molar-refractivity contribution in [1.29, 1.82) is 0 Å². The second-order valence-corrected chi connectivity index (χ2v) is 5.70. The first-order valence-corrected chi connectivity index (χ1v) is 6.94. The number of carboxylic acid groups (broad SMARTS) is 1. The maximum Gasteiger partial charge on any atom is 0.308 e. The monoisotopic (exact) mass is 274 g/mol. The molecule has 5 heteroatoms. The molecule has 1 amide bonds. The summed E-state index contributed by atoms with van der Waals surface area (Å²) >= 11 is 0. The smallest absolute Gasteiger partial charge is 0.308 e. The summed E-state index contributed by atoms with van der Waals surface area (Å²) in [5, 5.41) is 9.21. The molecule has 2 bridgehead atoms. The molecule has 20 heavy (non-hydrogen) atoms. The number of benzene rings is 1. The zero-order valence-corrected chi connectivity index (χ0v) is 11.2. The van der Waals surface area contributed by atoms with Crippen LogP contribution in [-0.2, 0) is 16.0 Å². The maximum atomic E-state index is 12.4. The number of nitrogen functional groups attached to an aromatic ring is 1. The molecular formula is C15H18N2O3. The van der Waals surface area contributed by atoms with Gasteiger partial charge in [0.25, 0.3) is 0 Å². The van der Waals surface area contributed by atoms with Gasteiger partial charge in [-0.25, -0.2) is 0 Å². The van der Waals surface area contributed by atoms with Gasteiger partial charge in [0.2, 0.25) is 5.91 Å². The summed E-state index contributed by atoms with van der Waals surface area (Å²) in [6.45, 7) is 0. The van der Waals surface area contributed by atoms with Crippen LogP contribution in [0.3, 0.4) is 0 Å². The summed E-state index contributed by atoms with van der Waals surface area (Å²) in [7, 11) is 0. The molecule has 3 N–H and O–H groups in total. The quantitative estimate of drug-likeness (QED) is 0.813. The van der Waals surface area contributed by atoms with Gasteiger partial charge in [0.1, 0.15) is 0 Å². The highest BCUT2D eigenvalue weighted by molar-refractivity contribution is 5.82. The van der Waals surface area contributed by atoms with Gasteiger partial charge in [-0.15, -0.1) is 0 Å². The van der Waals surface area contributed by atoms with Gasteiger partial charge in [-0.2, -0.15) is 0 Å². The molecule has 0 aromatic heterocycles. The minimum Gasteiger partial charge on any atom is -0.481 e. The van der Waals surface area contributed by atoms with Crippen molar-refractivity contribution in [3.05, 3.63) is 29.8 Å². The fraction of sp³-hybridized carbons (Fsp3) is 0.467. The number of hydrogen-bond donors (Lipinski definition) is 2. The molecule has 2 saturated heterocycles. The van der Waals surface area contributed by atoms with Crippen LogP contribution in [0.4, 0.5) is 5.69 Å². The predicted molar refractivity (Wildman–Crippen MR) is 74.0 cm³/mol. The van der Waals surface area contributed by atoms with Crippen LogP contribution in [0, 0.1) is 5.92 Å². The number of aliphatic carboxylic acids is 1. The molecule has 0 saturated carbocycles. The maximum absolute atomic E-state index is 12.4. The summed E-state index contributed by atoms with van der Waals surface area (Å²) in [4.78, 5) is 25.5. The fourth-order valence-corrected chi connectivity index (χ4v) is 3.61. The average Bonchev–Trinajstić information content (AvgIpc) is 2.96. The standard InChI is InChI=1S/C15H18N2O3/c16-10-3-1-2-9(6-10)7-14(18)17-11-4-5-13(17)12(8-11)15(19)20/h1-3,6,11-13H,4-5,7-8,16H2,(H,19,20). The van der Waals surface area contributed by atoms with Gasteiger partial charge in [-0.05, 0) is 37.0 Å². The van der Waals surface area contributed by atoms with Gasteiger partial charge < -0.3 is 15.7 Å². The third kappa shape index (κ3) is 2.13. The molecule has 2 aliphatic rings. The molecule has 1 aromatic carbocycles. The average molecular weight is 274 g/mol. The van der Waals surface area contributed by atoms with E-state index in [2.05, 4.69) is 0 Å². The van der Waals surface area contributed by atoms with Crippen molar-refractivity contribution in [3.8, 4) is 0 Å². The Morgan fingerprint density at radius 2 is 2.15 bits per heavy atom. The number of anilines is 1. The van der Waals surface area contributed by atoms with Crippen molar-refractivity contribution in [2.75, 3.05) is 5.73 Å². The normalized spacial score (nSPS) is 27.8. The lowest BCUT2D eigenvalue weighted by atomic mass is 9.89. The van der Waals surface area contributed by atoms with Gasteiger partial charge in [0.05, 0.1) is 12.3 Å². The SMILES string of the molecule is Nc1cccc(CC(=O)N2C3CCC2C(C(=O)O)C3)c1. The minimum atomic E-state index is -0.779. The predicted octanol–water partition coefficient (Wildman–Crippen LogP) is 1.28. The summed E-state index contributed by atoms with van der Waals surface area (Å²) < 4.78 is 0. The first-order chi connectivity index (χ1) is 9.56. The van der Waals surface area contributed by atoms with E-state index in [1.807, 2.05) is 17.0 Å². The Morgan fingerprint density at radius 3 is 2.80 bits per heavy atom. The number of carbonyl (C=O) groups excluding carboxylic acids is 1. The third-order valence-electron chi connectivity index (χ3n) is 4.45. The van der Waals surface area contributed by atoms with E-state index in [4.69, 9.17) is 5.73 Å². The number of nitrogens with two attached hydrogens (primary N) is 1. The summed E-state index contributed by atoms with van der Waals surface area (Å²) in [5.41, 5.74) is 7.24. The van der Waals surface area contributed by atoms with E-state index in [9.17, 15) is 14.7 Å². The first kappa shape index (κ1) is 13.0. The Kier molecular flexibility index (Phi) is 3.12. The molecule has 3 unspecified atom stereocenters. The Morgan fingerprint density at radius 1 is 1.35 bits per heavy atom. The molecule has 5 nitrogen and oxygen atoms in total. The van der Waals surface area contributed by atoms with Gasteiger partial charge in [0.15, 0.2) is 0 Å². The molecule has 0 radical (unpaired) electrons. The lowest BCUT2D eigenvalue weighted by Crippen LogP contribution is -2.38. The first-order valence-electron chi connectivity index (χ1n) is 6.94. The van der Waals surface area contributed by atoms with Crippen molar-refractivity contribution in [1.82, 2.24) is 4.90 Å². The van der Waals surface area contributed by atoms with Gasteiger partial charge in [-0.3, -0.25) is 9.59 Å². The number of hydrogen-bond acceptors (Lipinski definition) is 3. The molecule has 1 aromatic rings. The number of amides is 1. The molecule has 3 rings (SSSR count). The highest BCUT2D eigenvalue weighted by Gasteiger charge is 2.50. The van der Waals surface area contributed by atoms with Crippen LogP contribution in [0.1, 0.15) is 24.8 Å². The van der Waals surface area contributed by atoms with Crippen molar-refractivity contribution in [2.24, 2.45) is 5.92 Å². The highest BCUT2D eigenvalue weighted by Crippen LogP contribution is 2.42. The lowest BCUT2D eigenvalue weighted by molar-refractivity contribution is -0.143. The Hall–Kier alpha value is -2.04. The fourth-order valence-electron chi connectivity index (χ4n) is 3.61. The molecule has 3 atom stereocenters. The second kappa shape index (κ2) is 4.81. The third-order valence-corrected chi connectivity index (χ3v) is 4.45. The lowest BCUT2D eigenvalue weighted by Gasteiger charge is -2.23. The van der Waals surface area contributed by atoms with E-state index in [0.717, 1.165) is 18.4 Å². The van der Waals surface area contributed by atoms with Gasteiger partial charge in [-0.1, -0.05) is 12.1 Å². The van der Waals surface area contributed by atoms with E-state index in [1.165, 1.54) is 0 Å². The molecule has 106 valence electrons. The topological polar surface area (TPSA) is 83.6 Å². The summed E-state index contributed by atoms with van der Waals surface area (Å²) in [5.74, 6) is -1.15. The van der Waals surface area contributed by atoms with Crippen molar-refractivity contribution in [3.63, 3.8) is 0 Å². The number of rotatable bonds is 3. The van der Waals surface area contributed by atoms with Gasteiger partial charge in [0, 0.05) is 17.8 Å². The number of fused-ring (bicyclic) bond motifs is 2. The van der Waals surface area contributed by atoms with E-state index in [1.54, 1.807) is 12.1 Å². The molecule has 2 fully saturated rings. The highest BCUT2D eigenvalue weighted by atomic mass is 16.4. The van der Waals surface area contributed by atoms with Crippen LogP contribution < -0.4 is 5.73 Å². The molecule has 0 aliphatic carbocycles. The Labute approximate surface area is 117 Å². The molecule has 2 heterocycles. The van der Waals surface area contributed by atoms with E-state index in [0.29, 0.717) is 18.5 Å². The van der Waals surface area contributed by atoms with Gasteiger partial charge >= 0.3 is 5.97 Å². The zero-order chi connectivity index (χ0) is 14.3. The largest absolute Gasteiger partial charge is 0.481 e. The second-order valence-electron chi connectivity index (χ2n) is 5.70. The van der Waals surface area contributed by atoms with Crippen molar-refractivity contribution >= 4 is 17.6 Å². The van der Waals surface area contributed by atoms with Crippen molar-refractivity contribution in [2.45, 2.75) is 37.8 Å². The minimum absolute atomic E-state index is 0.0202. The molecule has 0 spiro atoms. The van der Waals surface area contributed by atoms with E-state index >= 15 is 0 Å². The summed E-state index contributed by atoms with van der Waals surface area (Å²) in [6.07, 6.45) is 2.63. The Bertz CT molecular complexity index is 558. The van der Waals surface area contributed by atoms with E-state index in [-0.39, 0.29) is 18.0 Å². The number of carbonyl (C=O) groups is 2. The van der Waals surface area contributed by atoms with Crippen LogP contribution in [-0.4, -0.2) is 34.0 Å². The van der Waals surface area contributed by atoms with Crippen LogP contribution in [0.15, 0.2) is 24.3 Å². The van der Waals surface area contributed by atoms with Crippen LogP contribution in [0.2, 0.25) is 0 Å². The number of carboxylic acids is 1. The van der Waals surface area contributed by atoms with Crippen LogP contribution in [0.25, 0.3) is 0 Å². The zero-order valence-electron chi connectivity index (χ0n) is 11.2. The summed E-state index contributed by atoms with van der Waals surface area (Å²) in [6, 6.07) is 7.27. The molecule has 2 aliphatic heterocycles. The number of nitrogens with zero attached hydrogens (tertiary/aromatic N) is 1. The van der Waals surface area contributed by atoms with Crippen molar-refractivity contribution < 1.29 is 14.7 Å². The molecular weight excluding hydrogens is 256 g/mol. The van der Waals surface area contributed by atoms with Crippen LogP contribution in [0.5, 0.6) is 0 Å². The van der Waals surface area contributed by atoms with E-state index < -0.39 is 11.9 Å². The Balaban J connectivity index is 1.74. The van der Waals surface area contributed by atoms with Crippen LogP contribution >= 0.6 is 0 Å².